The zero-order valence-corrected chi connectivity index (χ0v) is 15.9. The summed E-state index contributed by atoms with van der Waals surface area (Å²) in [7, 11) is 1.58. The van der Waals surface area contributed by atoms with E-state index in [9.17, 15) is 4.79 Å². The van der Waals surface area contributed by atoms with E-state index in [1.54, 1.807) is 31.4 Å². The van der Waals surface area contributed by atoms with E-state index in [4.69, 9.17) is 21.1 Å². The fourth-order valence-corrected chi connectivity index (χ4v) is 2.75. The van der Waals surface area contributed by atoms with Gasteiger partial charge in [0.05, 0.1) is 17.2 Å². The standard InChI is InChI=1S/C20H20ClN3O3/c1-3-14-8-10-15(11-9-14)18-22-20(27-13-12-26-2)23-24(18)19(25)16-6-4-5-7-17(16)21/h4-11H,3,12-13H2,1-2H3. The number of nitrogens with zero attached hydrogens (tertiary/aromatic N) is 3. The largest absolute Gasteiger partial charge is 0.460 e. The Kier molecular flexibility index (Phi) is 6.21. The number of carbonyl (C=O) groups is 1. The fourth-order valence-electron chi connectivity index (χ4n) is 2.54. The highest BCUT2D eigenvalue weighted by molar-refractivity contribution is 6.33. The van der Waals surface area contributed by atoms with Gasteiger partial charge >= 0.3 is 6.01 Å². The summed E-state index contributed by atoms with van der Waals surface area (Å²) in [6.07, 6.45) is 0.927. The second-order valence-electron chi connectivity index (χ2n) is 5.81. The molecule has 140 valence electrons. The van der Waals surface area contributed by atoms with Gasteiger partial charge < -0.3 is 9.47 Å². The first-order valence-corrected chi connectivity index (χ1v) is 8.99. The molecule has 0 bridgehead atoms. The predicted molar refractivity (Wildman–Crippen MR) is 103 cm³/mol. The van der Waals surface area contributed by atoms with E-state index in [-0.39, 0.29) is 18.5 Å². The summed E-state index contributed by atoms with van der Waals surface area (Å²) >= 11 is 6.19. The van der Waals surface area contributed by atoms with Crippen molar-refractivity contribution in [2.24, 2.45) is 0 Å². The normalized spacial score (nSPS) is 10.8. The molecule has 0 N–H and O–H groups in total. The summed E-state index contributed by atoms with van der Waals surface area (Å²) in [6.45, 7) is 2.77. The van der Waals surface area contributed by atoms with E-state index < -0.39 is 0 Å². The van der Waals surface area contributed by atoms with Gasteiger partial charge in [-0.2, -0.15) is 9.67 Å². The number of methoxy groups -OCH3 is 1. The van der Waals surface area contributed by atoms with E-state index in [1.807, 2.05) is 24.3 Å². The Morgan fingerprint density at radius 2 is 1.85 bits per heavy atom. The Hall–Kier alpha value is -2.70. The number of benzene rings is 2. The number of hydrogen-bond acceptors (Lipinski definition) is 5. The number of aromatic nitrogens is 3. The molecule has 1 aromatic heterocycles. The average molecular weight is 386 g/mol. The highest BCUT2D eigenvalue weighted by atomic mass is 35.5. The van der Waals surface area contributed by atoms with Crippen LogP contribution in [0.5, 0.6) is 6.01 Å². The molecule has 0 fully saturated rings. The molecule has 0 unspecified atom stereocenters. The van der Waals surface area contributed by atoms with Crippen LogP contribution in [-0.2, 0) is 11.2 Å². The van der Waals surface area contributed by atoms with Crippen LogP contribution in [-0.4, -0.2) is 41.0 Å². The molecule has 1 heterocycles. The van der Waals surface area contributed by atoms with Gasteiger partial charge in [0.1, 0.15) is 6.61 Å². The molecule has 0 aliphatic heterocycles. The third kappa shape index (κ3) is 4.35. The molecule has 0 aliphatic rings. The topological polar surface area (TPSA) is 66.2 Å². The Bertz CT molecular complexity index is 922. The van der Waals surface area contributed by atoms with Crippen LogP contribution in [0.3, 0.4) is 0 Å². The van der Waals surface area contributed by atoms with Crippen molar-refractivity contribution in [2.75, 3.05) is 20.3 Å². The van der Waals surface area contributed by atoms with Crippen molar-refractivity contribution in [3.63, 3.8) is 0 Å². The minimum Gasteiger partial charge on any atom is -0.460 e. The Morgan fingerprint density at radius 3 is 2.52 bits per heavy atom. The molecule has 2 aromatic carbocycles. The lowest BCUT2D eigenvalue weighted by molar-refractivity contribution is 0.0943. The molecule has 6 nitrogen and oxygen atoms in total. The number of rotatable bonds is 7. The average Bonchev–Trinajstić information content (AvgIpc) is 3.12. The second kappa shape index (κ2) is 8.79. The summed E-state index contributed by atoms with van der Waals surface area (Å²) in [5, 5.41) is 4.59. The van der Waals surface area contributed by atoms with Crippen molar-refractivity contribution < 1.29 is 14.3 Å². The van der Waals surface area contributed by atoms with E-state index in [1.165, 1.54) is 10.2 Å². The molecule has 0 spiro atoms. The molecule has 0 aliphatic carbocycles. The Balaban J connectivity index is 2.01. The lowest BCUT2D eigenvalue weighted by Gasteiger charge is -2.06. The minimum atomic E-state index is -0.371. The Labute approximate surface area is 162 Å². The number of carbonyl (C=O) groups excluding carboxylic acids is 1. The molecule has 0 saturated heterocycles. The lowest BCUT2D eigenvalue weighted by atomic mass is 10.1. The monoisotopic (exact) mass is 385 g/mol. The van der Waals surface area contributed by atoms with Crippen molar-refractivity contribution in [3.05, 3.63) is 64.7 Å². The molecule has 0 radical (unpaired) electrons. The van der Waals surface area contributed by atoms with Gasteiger partial charge in [0, 0.05) is 12.7 Å². The fraction of sp³-hybridized carbons (Fsp3) is 0.250. The van der Waals surface area contributed by atoms with Gasteiger partial charge in [-0.25, -0.2) is 0 Å². The van der Waals surface area contributed by atoms with Gasteiger partial charge in [0.15, 0.2) is 5.82 Å². The van der Waals surface area contributed by atoms with Crippen LogP contribution < -0.4 is 4.74 Å². The predicted octanol–water partition coefficient (Wildman–Crippen LogP) is 3.87. The number of ether oxygens (including phenoxy) is 2. The molecule has 27 heavy (non-hydrogen) atoms. The molecule has 0 amide bonds. The van der Waals surface area contributed by atoms with Crippen LogP contribution in [0.1, 0.15) is 22.8 Å². The molecule has 7 heteroatoms. The van der Waals surface area contributed by atoms with E-state index in [2.05, 4.69) is 17.0 Å². The minimum absolute atomic E-state index is 0.113. The summed E-state index contributed by atoms with van der Waals surface area (Å²) < 4.78 is 11.7. The van der Waals surface area contributed by atoms with E-state index in [0.29, 0.717) is 23.0 Å². The third-order valence-electron chi connectivity index (χ3n) is 4.02. The maximum absolute atomic E-state index is 13.0. The van der Waals surface area contributed by atoms with Crippen molar-refractivity contribution in [1.29, 1.82) is 0 Å². The van der Waals surface area contributed by atoms with Crippen LogP contribution >= 0.6 is 11.6 Å². The number of halogens is 1. The van der Waals surface area contributed by atoms with Crippen LogP contribution in [0.15, 0.2) is 48.5 Å². The number of hydrogen-bond donors (Lipinski definition) is 0. The first kappa shape index (κ1) is 19.1. The molecular formula is C20H20ClN3O3. The third-order valence-corrected chi connectivity index (χ3v) is 4.35. The lowest BCUT2D eigenvalue weighted by Crippen LogP contribution is -2.16. The zero-order valence-electron chi connectivity index (χ0n) is 15.2. The van der Waals surface area contributed by atoms with Gasteiger partial charge in [-0.15, -0.1) is 5.10 Å². The van der Waals surface area contributed by atoms with Crippen molar-refractivity contribution in [3.8, 4) is 17.4 Å². The van der Waals surface area contributed by atoms with E-state index in [0.717, 1.165) is 12.0 Å². The summed E-state index contributed by atoms with van der Waals surface area (Å²) in [5.74, 6) is 0.0271. The van der Waals surface area contributed by atoms with Gasteiger partial charge in [0.2, 0.25) is 0 Å². The highest BCUT2D eigenvalue weighted by Crippen LogP contribution is 2.24. The van der Waals surface area contributed by atoms with Crippen LogP contribution in [0.2, 0.25) is 5.02 Å². The summed E-state index contributed by atoms with van der Waals surface area (Å²) in [6, 6.07) is 14.8. The maximum Gasteiger partial charge on any atom is 0.336 e. The number of aryl methyl sites for hydroxylation is 1. The molecule has 0 atom stereocenters. The maximum atomic E-state index is 13.0. The van der Waals surface area contributed by atoms with Crippen molar-refractivity contribution in [2.45, 2.75) is 13.3 Å². The van der Waals surface area contributed by atoms with Crippen LogP contribution in [0.25, 0.3) is 11.4 Å². The smallest absolute Gasteiger partial charge is 0.336 e. The highest BCUT2D eigenvalue weighted by Gasteiger charge is 2.21. The zero-order chi connectivity index (χ0) is 19.2. The van der Waals surface area contributed by atoms with Gasteiger partial charge in [0.25, 0.3) is 5.91 Å². The SMILES string of the molecule is CCc1ccc(-c2nc(OCCOC)nn2C(=O)c2ccccc2Cl)cc1. The quantitative estimate of drug-likeness (QED) is 0.577. The van der Waals surface area contributed by atoms with Gasteiger partial charge in [-0.05, 0) is 24.1 Å². The second-order valence-corrected chi connectivity index (χ2v) is 6.21. The van der Waals surface area contributed by atoms with Crippen LogP contribution in [0, 0.1) is 0 Å². The van der Waals surface area contributed by atoms with Crippen molar-refractivity contribution >= 4 is 17.5 Å². The van der Waals surface area contributed by atoms with E-state index >= 15 is 0 Å². The first-order chi connectivity index (χ1) is 13.1. The summed E-state index contributed by atoms with van der Waals surface area (Å²) in [5.41, 5.74) is 2.31. The van der Waals surface area contributed by atoms with Crippen molar-refractivity contribution in [1.82, 2.24) is 14.8 Å². The Morgan fingerprint density at radius 1 is 1.11 bits per heavy atom. The first-order valence-electron chi connectivity index (χ1n) is 8.61. The van der Waals surface area contributed by atoms with Gasteiger partial charge in [-0.3, -0.25) is 4.79 Å². The molecule has 3 rings (SSSR count). The van der Waals surface area contributed by atoms with Crippen LogP contribution in [0.4, 0.5) is 0 Å². The molecule has 0 saturated carbocycles. The molecule has 3 aromatic rings. The van der Waals surface area contributed by atoms with Gasteiger partial charge in [-0.1, -0.05) is 54.9 Å². The molecular weight excluding hydrogens is 366 g/mol. The summed E-state index contributed by atoms with van der Waals surface area (Å²) in [4.78, 5) is 17.4.